The van der Waals surface area contributed by atoms with Crippen LogP contribution in [-0.2, 0) is 13.0 Å². The molecule has 2 aliphatic heterocycles. The van der Waals surface area contributed by atoms with Crippen LogP contribution in [0.4, 0.5) is 0 Å². The summed E-state index contributed by atoms with van der Waals surface area (Å²) in [5, 5.41) is 0. The van der Waals surface area contributed by atoms with Crippen LogP contribution >= 0.6 is 0 Å². The molecule has 0 saturated carbocycles. The molecule has 3 rings (SSSR count). The van der Waals surface area contributed by atoms with Crippen molar-refractivity contribution in [1.29, 1.82) is 0 Å². The molecule has 2 saturated heterocycles. The van der Waals surface area contributed by atoms with Crippen molar-refractivity contribution in [3.05, 3.63) is 17.8 Å². The highest BCUT2D eigenvalue weighted by molar-refractivity contribution is 4.94. The molecule has 2 fully saturated rings. The van der Waals surface area contributed by atoms with Crippen molar-refractivity contribution in [3.63, 3.8) is 0 Å². The first-order chi connectivity index (χ1) is 8.85. The quantitative estimate of drug-likeness (QED) is 0.819. The van der Waals surface area contributed by atoms with Crippen LogP contribution < -0.4 is 0 Å². The van der Waals surface area contributed by atoms with Gasteiger partial charge < -0.3 is 4.42 Å². The number of oxazole rings is 1. The molecule has 1 aromatic rings. The summed E-state index contributed by atoms with van der Waals surface area (Å²) in [6, 6.07) is 0.771. The van der Waals surface area contributed by atoms with Crippen LogP contribution in [-0.4, -0.2) is 47.0 Å². The Morgan fingerprint density at radius 1 is 1.33 bits per heavy atom. The third kappa shape index (κ3) is 2.59. The van der Waals surface area contributed by atoms with Crippen molar-refractivity contribution in [2.24, 2.45) is 0 Å². The molecule has 0 N–H and O–H groups in total. The Kier molecular flexibility index (Phi) is 3.66. The van der Waals surface area contributed by atoms with Crippen molar-refractivity contribution in [1.82, 2.24) is 14.8 Å². The smallest absolute Gasteiger partial charge is 0.208 e. The van der Waals surface area contributed by atoms with E-state index in [-0.39, 0.29) is 0 Å². The molecule has 4 heteroatoms. The topological polar surface area (TPSA) is 32.5 Å². The van der Waals surface area contributed by atoms with Gasteiger partial charge in [0.1, 0.15) is 5.76 Å². The standard InChI is InChI=1S/C14H23N3O/c1-2-13-9-15-14(18-13)11-16-6-4-8-17-7-3-5-12(17)10-16/h9,12H,2-8,10-11H2,1H3. The number of nitrogens with zero attached hydrogens (tertiary/aromatic N) is 3. The summed E-state index contributed by atoms with van der Waals surface area (Å²) in [5.41, 5.74) is 0. The second-order valence-corrected chi connectivity index (χ2v) is 5.49. The van der Waals surface area contributed by atoms with Crippen LogP contribution in [0, 0.1) is 0 Å². The molecule has 0 amide bonds. The molecular formula is C14H23N3O. The van der Waals surface area contributed by atoms with E-state index in [0.29, 0.717) is 0 Å². The van der Waals surface area contributed by atoms with Crippen LogP contribution in [0.25, 0.3) is 0 Å². The monoisotopic (exact) mass is 249 g/mol. The zero-order chi connectivity index (χ0) is 12.4. The Morgan fingerprint density at radius 3 is 3.06 bits per heavy atom. The lowest BCUT2D eigenvalue weighted by atomic mass is 10.2. The van der Waals surface area contributed by atoms with Gasteiger partial charge in [-0.05, 0) is 38.9 Å². The Hall–Kier alpha value is -0.870. The summed E-state index contributed by atoms with van der Waals surface area (Å²) < 4.78 is 5.72. The molecule has 2 aliphatic rings. The van der Waals surface area contributed by atoms with Crippen molar-refractivity contribution in [3.8, 4) is 0 Å². The first-order valence-corrected chi connectivity index (χ1v) is 7.25. The second kappa shape index (κ2) is 5.41. The Labute approximate surface area is 109 Å². The molecule has 3 heterocycles. The Bertz CT molecular complexity index is 390. The van der Waals surface area contributed by atoms with Gasteiger partial charge in [0.05, 0.1) is 12.7 Å². The minimum absolute atomic E-state index is 0.771. The van der Waals surface area contributed by atoms with Gasteiger partial charge in [0, 0.05) is 19.0 Å². The van der Waals surface area contributed by atoms with Gasteiger partial charge in [-0.15, -0.1) is 0 Å². The number of hydrogen-bond acceptors (Lipinski definition) is 4. The van der Waals surface area contributed by atoms with Gasteiger partial charge in [-0.2, -0.15) is 0 Å². The van der Waals surface area contributed by atoms with Gasteiger partial charge in [-0.3, -0.25) is 9.80 Å². The minimum atomic E-state index is 0.771. The molecule has 0 spiro atoms. The van der Waals surface area contributed by atoms with Crippen LogP contribution in [0.1, 0.15) is 37.8 Å². The van der Waals surface area contributed by atoms with E-state index < -0.39 is 0 Å². The van der Waals surface area contributed by atoms with Gasteiger partial charge in [0.2, 0.25) is 5.89 Å². The van der Waals surface area contributed by atoms with Crippen LogP contribution in [0.2, 0.25) is 0 Å². The average Bonchev–Trinajstić information content (AvgIpc) is 2.96. The Morgan fingerprint density at radius 2 is 2.22 bits per heavy atom. The van der Waals surface area contributed by atoms with E-state index in [1.165, 1.54) is 45.4 Å². The lowest BCUT2D eigenvalue weighted by Gasteiger charge is -2.24. The fourth-order valence-electron chi connectivity index (χ4n) is 3.20. The molecule has 4 nitrogen and oxygen atoms in total. The minimum Gasteiger partial charge on any atom is -0.444 e. The van der Waals surface area contributed by atoms with Gasteiger partial charge in [0.15, 0.2) is 0 Å². The molecule has 0 bridgehead atoms. The molecule has 18 heavy (non-hydrogen) atoms. The van der Waals surface area contributed by atoms with E-state index in [0.717, 1.165) is 30.7 Å². The van der Waals surface area contributed by atoms with Crippen molar-refractivity contribution in [2.75, 3.05) is 26.2 Å². The summed E-state index contributed by atoms with van der Waals surface area (Å²) in [7, 11) is 0. The first kappa shape index (κ1) is 12.2. The fourth-order valence-corrected chi connectivity index (χ4v) is 3.20. The predicted octanol–water partition coefficient (Wildman–Crippen LogP) is 1.91. The summed E-state index contributed by atoms with van der Waals surface area (Å²) in [6.45, 7) is 7.92. The Balaban J connectivity index is 1.61. The first-order valence-electron chi connectivity index (χ1n) is 7.25. The third-order valence-electron chi connectivity index (χ3n) is 4.20. The molecule has 1 atom stereocenters. The highest BCUT2D eigenvalue weighted by atomic mass is 16.4. The van der Waals surface area contributed by atoms with Gasteiger partial charge >= 0.3 is 0 Å². The summed E-state index contributed by atoms with van der Waals surface area (Å²) >= 11 is 0. The van der Waals surface area contributed by atoms with E-state index in [1.807, 2.05) is 6.20 Å². The van der Waals surface area contributed by atoms with Crippen LogP contribution in [0.5, 0.6) is 0 Å². The molecule has 0 aromatic carbocycles. The van der Waals surface area contributed by atoms with E-state index in [9.17, 15) is 0 Å². The second-order valence-electron chi connectivity index (χ2n) is 5.49. The van der Waals surface area contributed by atoms with Gasteiger partial charge in [-0.25, -0.2) is 4.98 Å². The van der Waals surface area contributed by atoms with Crippen LogP contribution in [0.15, 0.2) is 10.6 Å². The van der Waals surface area contributed by atoms with Crippen molar-refractivity contribution < 1.29 is 4.42 Å². The molecule has 1 unspecified atom stereocenters. The maximum Gasteiger partial charge on any atom is 0.208 e. The van der Waals surface area contributed by atoms with Gasteiger partial charge in [0.25, 0.3) is 0 Å². The predicted molar refractivity (Wildman–Crippen MR) is 70.4 cm³/mol. The third-order valence-corrected chi connectivity index (χ3v) is 4.20. The zero-order valence-electron chi connectivity index (χ0n) is 11.3. The van der Waals surface area contributed by atoms with E-state index in [1.54, 1.807) is 0 Å². The number of aromatic nitrogens is 1. The normalized spacial score (nSPS) is 26.2. The lowest BCUT2D eigenvalue weighted by Crippen LogP contribution is -2.36. The molecule has 1 aromatic heterocycles. The molecule has 0 radical (unpaired) electrons. The maximum atomic E-state index is 5.72. The van der Waals surface area contributed by atoms with Crippen molar-refractivity contribution >= 4 is 0 Å². The molecular weight excluding hydrogens is 226 g/mol. The lowest BCUT2D eigenvalue weighted by molar-refractivity contribution is 0.202. The highest BCUT2D eigenvalue weighted by Crippen LogP contribution is 2.22. The van der Waals surface area contributed by atoms with E-state index >= 15 is 0 Å². The SMILES string of the molecule is CCc1cnc(CN2CCCN3CCCC3C2)o1. The molecule has 0 aliphatic carbocycles. The van der Waals surface area contributed by atoms with Crippen LogP contribution in [0.3, 0.4) is 0 Å². The van der Waals surface area contributed by atoms with E-state index in [2.05, 4.69) is 21.7 Å². The fraction of sp³-hybridized carbons (Fsp3) is 0.786. The largest absolute Gasteiger partial charge is 0.444 e. The maximum absolute atomic E-state index is 5.72. The number of rotatable bonds is 3. The summed E-state index contributed by atoms with van der Waals surface area (Å²) in [4.78, 5) is 9.55. The number of aryl methyl sites for hydroxylation is 1. The van der Waals surface area contributed by atoms with Crippen molar-refractivity contribution in [2.45, 2.75) is 45.2 Å². The summed E-state index contributed by atoms with van der Waals surface area (Å²) in [6.07, 6.45) is 6.82. The molecule has 100 valence electrons. The average molecular weight is 249 g/mol. The van der Waals surface area contributed by atoms with E-state index in [4.69, 9.17) is 4.42 Å². The number of hydrogen-bond donors (Lipinski definition) is 0. The van der Waals surface area contributed by atoms with Gasteiger partial charge in [-0.1, -0.05) is 6.92 Å². The summed E-state index contributed by atoms with van der Waals surface area (Å²) in [5.74, 6) is 1.89. The number of fused-ring (bicyclic) bond motifs is 1. The zero-order valence-corrected chi connectivity index (χ0v) is 11.3. The highest BCUT2D eigenvalue weighted by Gasteiger charge is 2.28.